The highest BCUT2D eigenvalue weighted by Crippen LogP contribution is 2.25. The van der Waals surface area contributed by atoms with Gasteiger partial charge in [-0.3, -0.25) is 10.00 Å². The van der Waals surface area contributed by atoms with Gasteiger partial charge >= 0.3 is 6.03 Å². The van der Waals surface area contributed by atoms with Crippen molar-refractivity contribution in [2.45, 2.75) is 6.54 Å². The first-order valence-corrected chi connectivity index (χ1v) is 8.44. The van der Waals surface area contributed by atoms with Crippen LogP contribution in [0.15, 0.2) is 54.7 Å². The first-order valence-electron chi connectivity index (χ1n) is 7.31. The summed E-state index contributed by atoms with van der Waals surface area (Å²) in [5.41, 5.74) is 1.36. The van der Waals surface area contributed by atoms with Crippen LogP contribution in [0.2, 0.25) is 15.1 Å². The Morgan fingerprint density at radius 1 is 1.00 bits per heavy atom. The molecule has 2 amide bonds. The van der Waals surface area contributed by atoms with Crippen molar-refractivity contribution in [3.8, 4) is 0 Å². The topological polar surface area (TPSA) is 59.0 Å². The van der Waals surface area contributed by atoms with Crippen LogP contribution in [0.25, 0.3) is 0 Å². The lowest BCUT2D eigenvalue weighted by molar-refractivity contribution is 0.262. The number of carbonyl (C=O) groups excluding carboxylic acids is 1. The van der Waals surface area contributed by atoms with Gasteiger partial charge in [-0.2, -0.15) is 5.10 Å². The summed E-state index contributed by atoms with van der Waals surface area (Å²) in [6.07, 6.45) is 1.73. The molecule has 25 heavy (non-hydrogen) atoms. The van der Waals surface area contributed by atoms with E-state index in [0.29, 0.717) is 33.1 Å². The highest BCUT2D eigenvalue weighted by Gasteiger charge is 2.09. The molecular formula is C17H13Cl3N4O. The van der Waals surface area contributed by atoms with E-state index >= 15 is 0 Å². The number of nitrogens with one attached hydrogen (secondary N) is 2. The third kappa shape index (κ3) is 4.66. The molecule has 0 saturated heterocycles. The van der Waals surface area contributed by atoms with Gasteiger partial charge in [0, 0.05) is 38.6 Å². The maximum atomic E-state index is 12.0. The van der Waals surface area contributed by atoms with Crippen molar-refractivity contribution in [3.63, 3.8) is 0 Å². The maximum absolute atomic E-state index is 12.0. The molecule has 2 N–H and O–H groups in total. The zero-order chi connectivity index (χ0) is 17.8. The Kier molecular flexibility index (Phi) is 5.48. The summed E-state index contributed by atoms with van der Waals surface area (Å²) in [4.78, 5) is 12.0. The number of urea groups is 1. The summed E-state index contributed by atoms with van der Waals surface area (Å²) in [5.74, 6) is 0.405. The van der Waals surface area contributed by atoms with E-state index < -0.39 is 6.03 Å². The minimum Gasteiger partial charge on any atom is -0.308 e. The number of benzene rings is 2. The van der Waals surface area contributed by atoms with Crippen LogP contribution in [0.3, 0.4) is 0 Å². The van der Waals surface area contributed by atoms with Crippen LogP contribution in [0, 0.1) is 0 Å². The molecule has 2 aromatic carbocycles. The molecule has 0 radical (unpaired) electrons. The fraction of sp³-hybridized carbons (Fsp3) is 0.0588. The number of carbonyl (C=O) groups is 1. The monoisotopic (exact) mass is 394 g/mol. The Hall–Kier alpha value is -2.21. The van der Waals surface area contributed by atoms with E-state index in [1.54, 1.807) is 59.4 Å². The Balaban J connectivity index is 1.64. The second-order valence-corrected chi connectivity index (χ2v) is 6.44. The molecule has 0 aliphatic heterocycles. The molecule has 128 valence electrons. The molecule has 0 aliphatic carbocycles. The number of hydrogen-bond acceptors (Lipinski definition) is 2. The standard InChI is InChI=1S/C17H13Cl3N4O/c18-11-3-1-4-12(9-11)21-17(25)22-16-7-8-24(23-16)10-13-14(19)5-2-6-15(13)20/h1-9H,10H2,(H2,21,22,23,25). The largest absolute Gasteiger partial charge is 0.324 e. The molecule has 0 aliphatic rings. The lowest BCUT2D eigenvalue weighted by Crippen LogP contribution is -2.19. The molecule has 3 aromatic rings. The number of amides is 2. The molecular weight excluding hydrogens is 383 g/mol. The smallest absolute Gasteiger partial charge is 0.308 e. The number of hydrogen-bond donors (Lipinski definition) is 2. The Labute approximate surface area is 159 Å². The van der Waals surface area contributed by atoms with Crippen molar-refractivity contribution in [1.29, 1.82) is 0 Å². The molecule has 8 heteroatoms. The predicted octanol–water partition coefficient (Wildman–Crippen LogP) is 5.54. The number of anilines is 2. The van der Waals surface area contributed by atoms with Crippen LogP contribution >= 0.6 is 34.8 Å². The van der Waals surface area contributed by atoms with Gasteiger partial charge in [0.05, 0.1) is 6.54 Å². The highest BCUT2D eigenvalue weighted by atomic mass is 35.5. The van der Waals surface area contributed by atoms with E-state index in [9.17, 15) is 4.79 Å². The van der Waals surface area contributed by atoms with Gasteiger partial charge in [0.2, 0.25) is 0 Å². The molecule has 1 heterocycles. The molecule has 0 fully saturated rings. The zero-order valence-electron chi connectivity index (χ0n) is 12.8. The van der Waals surface area contributed by atoms with Crippen LogP contribution in [-0.2, 0) is 6.54 Å². The zero-order valence-corrected chi connectivity index (χ0v) is 15.1. The summed E-state index contributed by atoms with van der Waals surface area (Å²) in [7, 11) is 0. The first kappa shape index (κ1) is 17.6. The summed E-state index contributed by atoms with van der Waals surface area (Å²) < 4.78 is 1.64. The van der Waals surface area contributed by atoms with E-state index in [2.05, 4.69) is 15.7 Å². The third-order valence-corrected chi connectivity index (χ3v) is 4.29. The fourth-order valence-corrected chi connectivity index (χ4v) is 2.91. The van der Waals surface area contributed by atoms with Crippen LogP contribution in [-0.4, -0.2) is 15.8 Å². The van der Waals surface area contributed by atoms with E-state index in [1.807, 2.05) is 0 Å². The van der Waals surface area contributed by atoms with Crippen LogP contribution in [0.1, 0.15) is 5.56 Å². The van der Waals surface area contributed by atoms with Gasteiger partial charge < -0.3 is 5.32 Å². The average Bonchev–Trinajstić information content (AvgIpc) is 2.98. The summed E-state index contributed by atoms with van der Waals surface area (Å²) in [6.45, 7) is 0.399. The highest BCUT2D eigenvalue weighted by molar-refractivity contribution is 6.36. The fourth-order valence-electron chi connectivity index (χ4n) is 2.21. The third-order valence-electron chi connectivity index (χ3n) is 3.35. The number of rotatable bonds is 4. The van der Waals surface area contributed by atoms with Crippen molar-refractivity contribution in [2.24, 2.45) is 0 Å². The van der Waals surface area contributed by atoms with E-state index in [1.165, 1.54) is 0 Å². The number of aromatic nitrogens is 2. The molecule has 0 saturated carbocycles. The Morgan fingerprint density at radius 2 is 1.72 bits per heavy atom. The van der Waals surface area contributed by atoms with Gasteiger partial charge in [-0.05, 0) is 30.3 Å². The minimum atomic E-state index is -0.414. The SMILES string of the molecule is O=C(Nc1cccc(Cl)c1)Nc1ccn(Cc2c(Cl)cccc2Cl)n1. The second kappa shape index (κ2) is 7.78. The van der Waals surface area contributed by atoms with Gasteiger partial charge in [-0.1, -0.05) is 46.9 Å². The predicted molar refractivity (Wildman–Crippen MR) is 102 cm³/mol. The van der Waals surface area contributed by atoms with Crippen molar-refractivity contribution in [2.75, 3.05) is 10.6 Å². The molecule has 3 rings (SSSR count). The van der Waals surface area contributed by atoms with E-state index in [0.717, 1.165) is 5.56 Å². The lowest BCUT2D eigenvalue weighted by atomic mass is 10.2. The molecule has 0 atom stereocenters. The first-order chi connectivity index (χ1) is 12.0. The van der Waals surface area contributed by atoms with Gasteiger partial charge in [-0.25, -0.2) is 4.79 Å². The van der Waals surface area contributed by atoms with Crippen LogP contribution < -0.4 is 10.6 Å². The minimum absolute atomic E-state index is 0.399. The van der Waals surface area contributed by atoms with Gasteiger partial charge in [0.1, 0.15) is 0 Å². The molecule has 0 unspecified atom stereocenters. The Morgan fingerprint density at radius 3 is 2.44 bits per heavy atom. The van der Waals surface area contributed by atoms with E-state index in [-0.39, 0.29) is 0 Å². The van der Waals surface area contributed by atoms with Crippen molar-refractivity contribution < 1.29 is 4.79 Å². The summed E-state index contributed by atoms with van der Waals surface area (Å²) in [6, 6.07) is 13.5. The second-order valence-electron chi connectivity index (χ2n) is 5.19. The molecule has 0 bridgehead atoms. The van der Waals surface area contributed by atoms with Gasteiger partial charge in [0.25, 0.3) is 0 Å². The quantitative estimate of drug-likeness (QED) is 0.609. The van der Waals surface area contributed by atoms with Gasteiger partial charge in [0.15, 0.2) is 5.82 Å². The lowest BCUT2D eigenvalue weighted by Gasteiger charge is -2.07. The maximum Gasteiger partial charge on any atom is 0.324 e. The molecule has 0 spiro atoms. The van der Waals surface area contributed by atoms with Crippen molar-refractivity contribution in [3.05, 3.63) is 75.4 Å². The van der Waals surface area contributed by atoms with Crippen LogP contribution in [0.4, 0.5) is 16.3 Å². The molecule has 5 nitrogen and oxygen atoms in total. The number of nitrogens with zero attached hydrogens (tertiary/aromatic N) is 2. The summed E-state index contributed by atoms with van der Waals surface area (Å²) >= 11 is 18.2. The summed E-state index contributed by atoms with van der Waals surface area (Å²) in [5, 5.41) is 11.3. The van der Waals surface area contributed by atoms with Crippen molar-refractivity contribution in [1.82, 2.24) is 9.78 Å². The van der Waals surface area contributed by atoms with Gasteiger partial charge in [-0.15, -0.1) is 0 Å². The Bertz CT molecular complexity index is 890. The molecule has 1 aromatic heterocycles. The number of halogens is 3. The average molecular weight is 396 g/mol. The normalized spacial score (nSPS) is 10.5. The van der Waals surface area contributed by atoms with E-state index in [4.69, 9.17) is 34.8 Å². The van der Waals surface area contributed by atoms with Crippen LogP contribution in [0.5, 0.6) is 0 Å². The van der Waals surface area contributed by atoms with Crippen molar-refractivity contribution >= 4 is 52.3 Å².